The summed E-state index contributed by atoms with van der Waals surface area (Å²) in [6.45, 7) is 2.17. The molecule has 0 atom stereocenters. The van der Waals surface area contributed by atoms with Crippen LogP contribution in [-0.4, -0.2) is 36.6 Å². The van der Waals surface area contributed by atoms with Crippen LogP contribution < -0.4 is 10.5 Å². The number of aromatic amines is 1. The maximum absolute atomic E-state index is 11.2. The van der Waals surface area contributed by atoms with Crippen LogP contribution in [0.3, 0.4) is 0 Å². The number of nitrogens with one attached hydrogen (secondary N) is 1. The predicted octanol–water partition coefficient (Wildman–Crippen LogP) is 0.0776. The molecule has 0 unspecified atom stereocenters. The Labute approximate surface area is 93.3 Å². The first-order valence-corrected chi connectivity index (χ1v) is 4.89. The van der Waals surface area contributed by atoms with Gasteiger partial charge in [0.05, 0.1) is 13.5 Å². The van der Waals surface area contributed by atoms with Crippen molar-refractivity contribution in [1.82, 2.24) is 9.97 Å². The molecule has 0 aliphatic carbocycles. The number of carbonyl (C=O) groups is 1. The van der Waals surface area contributed by atoms with E-state index in [2.05, 4.69) is 14.7 Å². The number of H-pyrrole nitrogens is 1. The van der Waals surface area contributed by atoms with Crippen molar-refractivity contribution in [1.29, 1.82) is 0 Å². The molecule has 0 fully saturated rings. The van der Waals surface area contributed by atoms with Crippen LogP contribution in [0.5, 0.6) is 0 Å². The van der Waals surface area contributed by atoms with Crippen molar-refractivity contribution >= 4 is 11.8 Å². The summed E-state index contributed by atoms with van der Waals surface area (Å²) in [5, 5.41) is 0. The van der Waals surface area contributed by atoms with Crippen molar-refractivity contribution in [2.45, 2.75) is 13.3 Å². The Morgan fingerprint density at radius 1 is 1.62 bits per heavy atom. The summed E-state index contributed by atoms with van der Waals surface area (Å²) in [5.41, 5.74) is -0.201. The van der Waals surface area contributed by atoms with Crippen molar-refractivity contribution < 1.29 is 9.53 Å². The van der Waals surface area contributed by atoms with E-state index in [-0.39, 0.29) is 17.9 Å². The Bertz CT molecular complexity index is 428. The van der Waals surface area contributed by atoms with Gasteiger partial charge in [-0.05, 0) is 6.92 Å². The molecule has 0 spiro atoms. The van der Waals surface area contributed by atoms with Crippen LogP contribution in [0.1, 0.15) is 12.2 Å². The van der Waals surface area contributed by atoms with Crippen molar-refractivity contribution in [3.63, 3.8) is 0 Å². The van der Waals surface area contributed by atoms with Crippen LogP contribution in [0.15, 0.2) is 10.9 Å². The maximum atomic E-state index is 11.2. The summed E-state index contributed by atoms with van der Waals surface area (Å²) in [5.74, 6) is 0.811. The van der Waals surface area contributed by atoms with Crippen molar-refractivity contribution in [2.24, 2.45) is 0 Å². The number of methoxy groups -OCH3 is 1. The number of anilines is 1. The van der Waals surface area contributed by atoms with Gasteiger partial charge in [0.15, 0.2) is 0 Å². The Morgan fingerprint density at radius 3 is 2.88 bits per heavy atom. The van der Waals surface area contributed by atoms with E-state index in [1.807, 2.05) is 0 Å². The van der Waals surface area contributed by atoms with Crippen LogP contribution in [0.4, 0.5) is 5.82 Å². The number of ether oxygens (including phenoxy) is 1. The standard InChI is InChI=1S/C10H15N3O3/c1-7-11-8(6-9(14)12-7)13(2)5-4-10(15)16-3/h6H,4-5H2,1-3H3,(H,11,12,14). The fourth-order valence-corrected chi connectivity index (χ4v) is 1.23. The number of aromatic nitrogens is 2. The lowest BCUT2D eigenvalue weighted by molar-refractivity contribution is -0.140. The molecule has 6 heteroatoms. The molecule has 16 heavy (non-hydrogen) atoms. The highest BCUT2D eigenvalue weighted by atomic mass is 16.5. The molecule has 0 saturated carbocycles. The van der Waals surface area contributed by atoms with Gasteiger partial charge in [0, 0.05) is 19.7 Å². The zero-order valence-electron chi connectivity index (χ0n) is 9.61. The van der Waals surface area contributed by atoms with Crippen LogP contribution in [0.2, 0.25) is 0 Å². The topological polar surface area (TPSA) is 75.3 Å². The second-order valence-corrected chi connectivity index (χ2v) is 3.44. The van der Waals surface area contributed by atoms with Gasteiger partial charge in [0.2, 0.25) is 0 Å². The quantitative estimate of drug-likeness (QED) is 0.734. The lowest BCUT2D eigenvalue weighted by atomic mass is 10.4. The minimum Gasteiger partial charge on any atom is -0.469 e. The van der Waals surface area contributed by atoms with E-state index in [4.69, 9.17) is 0 Å². The Kier molecular flexibility index (Phi) is 4.04. The van der Waals surface area contributed by atoms with Gasteiger partial charge in [-0.25, -0.2) is 4.98 Å². The highest BCUT2D eigenvalue weighted by Gasteiger charge is 2.07. The van der Waals surface area contributed by atoms with Gasteiger partial charge >= 0.3 is 5.97 Å². The molecular formula is C10H15N3O3. The van der Waals surface area contributed by atoms with E-state index in [9.17, 15) is 9.59 Å². The molecule has 88 valence electrons. The summed E-state index contributed by atoms with van der Waals surface area (Å²) in [6, 6.07) is 1.39. The van der Waals surface area contributed by atoms with Crippen LogP contribution >= 0.6 is 0 Å². The molecule has 0 amide bonds. The highest BCUT2D eigenvalue weighted by molar-refractivity contribution is 5.69. The number of esters is 1. The number of aryl methyl sites for hydroxylation is 1. The lowest BCUT2D eigenvalue weighted by Crippen LogP contribution is -2.24. The summed E-state index contributed by atoms with van der Waals surface area (Å²) in [7, 11) is 3.11. The molecule has 1 aromatic rings. The van der Waals surface area contributed by atoms with Crippen LogP contribution in [-0.2, 0) is 9.53 Å². The van der Waals surface area contributed by atoms with Gasteiger partial charge in [0.1, 0.15) is 11.6 Å². The van der Waals surface area contributed by atoms with Crippen molar-refractivity contribution in [3.8, 4) is 0 Å². The average Bonchev–Trinajstić information content (AvgIpc) is 2.23. The number of hydrogen-bond acceptors (Lipinski definition) is 5. The third-order valence-corrected chi connectivity index (χ3v) is 2.12. The van der Waals surface area contributed by atoms with E-state index < -0.39 is 0 Å². The minimum atomic E-state index is -0.284. The molecular weight excluding hydrogens is 210 g/mol. The van der Waals surface area contributed by atoms with Gasteiger partial charge in [0.25, 0.3) is 5.56 Å². The minimum absolute atomic E-state index is 0.201. The van der Waals surface area contributed by atoms with Gasteiger partial charge in [-0.2, -0.15) is 0 Å². The molecule has 1 heterocycles. The molecule has 0 aromatic carbocycles. The van der Waals surface area contributed by atoms with Gasteiger partial charge in [-0.1, -0.05) is 0 Å². The molecule has 0 radical (unpaired) electrons. The summed E-state index contributed by atoms with van der Waals surface area (Å²) in [6.07, 6.45) is 0.264. The van der Waals surface area contributed by atoms with Crippen LogP contribution in [0.25, 0.3) is 0 Å². The highest BCUT2D eigenvalue weighted by Crippen LogP contribution is 2.05. The van der Waals surface area contributed by atoms with E-state index in [0.29, 0.717) is 18.2 Å². The van der Waals surface area contributed by atoms with E-state index in [0.717, 1.165) is 0 Å². The Balaban J connectivity index is 2.69. The molecule has 0 saturated heterocycles. The second-order valence-electron chi connectivity index (χ2n) is 3.44. The zero-order valence-corrected chi connectivity index (χ0v) is 9.61. The number of hydrogen-bond donors (Lipinski definition) is 1. The predicted molar refractivity (Wildman–Crippen MR) is 59.5 cm³/mol. The number of rotatable bonds is 4. The molecule has 6 nitrogen and oxygen atoms in total. The Hall–Kier alpha value is -1.85. The van der Waals surface area contributed by atoms with Crippen molar-refractivity contribution in [3.05, 3.63) is 22.2 Å². The maximum Gasteiger partial charge on any atom is 0.307 e. The first-order valence-electron chi connectivity index (χ1n) is 4.89. The molecule has 0 bridgehead atoms. The first kappa shape index (κ1) is 12.2. The van der Waals surface area contributed by atoms with Crippen molar-refractivity contribution in [2.75, 3.05) is 25.6 Å². The smallest absolute Gasteiger partial charge is 0.307 e. The molecule has 1 N–H and O–H groups in total. The SMILES string of the molecule is COC(=O)CCN(C)c1cc(=O)[nH]c(C)n1. The third kappa shape index (κ3) is 3.38. The first-order chi connectivity index (χ1) is 7.52. The van der Waals surface area contributed by atoms with Crippen LogP contribution in [0, 0.1) is 6.92 Å². The van der Waals surface area contributed by atoms with E-state index in [1.54, 1.807) is 18.9 Å². The Morgan fingerprint density at radius 2 is 2.31 bits per heavy atom. The molecule has 1 rings (SSSR count). The zero-order chi connectivity index (χ0) is 12.1. The van der Waals surface area contributed by atoms with Gasteiger partial charge in [-0.15, -0.1) is 0 Å². The average molecular weight is 225 g/mol. The molecule has 1 aromatic heterocycles. The third-order valence-electron chi connectivity index (χ3n) is 2.12. The number of nitrogens with zero attached hydrogens (tertiary/aromatic N) is 2. The monoisotopic (exact) mass is 225 g/mol. The van der Waals surface area contributed by atoms with E-state index in [1.165, 1.54) is 13.2 Å². The largest absolute Gasteiger partial charge is 0.469 e. The summed E-state index contributed by atoms with van der Waals surface area (Å²) in [4.78, 5) is 30.6. The normalized spacial score (nSPS) is 9.94. The fourth-order valence-electron chi connectivity index (χ4n) is 1.23. The second kappa shape index (κ2) is 5.29. The fraction of sp³-hybridized carbons (Fsp3) is 0.500. The molecule has 0 aliphatic heterocycles. The molecule has 0 aliphatic rings. The van der Waals surface area contributed by atoms with E-state index >= 15 is 0 Å². The van der Waals surface area contributed by atoms with Gasteiger partial charge in [-0.3, -0.25) is 9.59 Å². The lowest BCUT2D eigenvalue weighted by Gasteiger charge is -2.17. The van der Waals surface area contributed by atoms with Gasteiger partial charge < -0.3 is 14.6 Å². The summed E-state index contributed by atoms with van der Waals surface area (Å²) < 4.78 is 4.53. The summed E-state index contributed by atoms with van der Waals surface area (Å²) >= 11 is 0. The number of carbonyl (C=O) groups excluding carboxylic acids is 1.